The predicted octanol–water partition coefficient (Wildman–Crippen LogP) is 0.884. The van der Waals surface area contributed by atoms with E-state index in [1.807, 2.05) is 4.90 Å². The van der Waals surface area contributed by atoms with Crippen LogP contribution in [0.15, 0.2) is 12.1 Å². The maximum absolute atomic E-state index is 10.6. The fourth-order valence-corrected chi connectivity index (χ4v) is 1.61. The molecule has 0 bridgehead atoms. The van der Waals surface area contributed by atoms with Crippen molar-refractivity contribution in [3.8, 4) is 0 Å². The molecule has 0 aromatic heterocycles. The number of benzene rings is 1. The van der Waals surface area contributed by atoms with E-state index in [1.54, 1.807) is 13.0 Å². The lowest BCUT2D eigenvalue weighted by Gasteiger charge is -2.37. The van der Waals surface area contributed by atoms with Crippen molar-refractivity contribution in [3.05, 3.63) is 33.9 Å². The number of nitrogens with zero attached hydrogens (tertiary/aromatic N) is 2. The molecule has 5 heteroatoms. The second-order valence-corrected chi connectivity index (χ2v) is 3.67. The lowest BCUT2D eigenvalue weighted by atomic mass is 10.1. The molecule has 1 aliphatic heterocycles. The van der Waals surface area contributed by atoms with Gasteiger partial charge >= 0.3 is 0 Å². The number of aliphatic hydroxyl groups is 1. The van der Waals surface area contributed by atoms with Gasteiger partial charge < -0.3 is 10.0 Å². The quantitative estimate of drug-likeness (QED) is 0.577. The molecule has 0 atom stereocenters. The number of nitro groups is 1. The summed E-state index contributed by atoms with van der Waals surface area (Å²) >= 11 is 0. The van der Waals surface area contributed by atoms with Gasteiger partial charge in [-0.2, -0.15) is 0 Å². The summed E-state index contributed by atoms with van der Waals surface area (Å²) in [5, 5.41) is 19.7. The molecule has 1 N–H and O–H groups in total. The second kappa shape index (κ2) is 3.51. The Labute approximate surface area is 87.1 Å². The molecule has 0 spiro atoms. The van der Waals surface area contributed by atoms with Gasteiger partial charge in [0.2, 0.25) is 0 Å². The number of β-amino-alcohol motifs (C(OH)–C–C–N with tert-alkyl or cyclic N) is 1. The molecule has 1 aliphatic rings. The van der Waals surface area contributed by atoms with Crippen LogP contribution in [-0.2, 0) is 0 Å². The largest absolute Gasteiger partial charge is 0.389 e. The molecule has 0 aliphatic carbocycles. The highest BCUT2D eigenvalue weighted by molar-refractivity contribution is 5.55. The molecule has 1 aromatic carbocycles. The molecule has 5 nitrogen and oxygen atoms in total. The number of anilines is 1. The lowest BCUT2D eigenvalue weighted by Crippen LogP contribution is -2.50. The Bertz CT molecular complexity index is 400. The van der Waals surface area contributed by atoms with Crippen LogP contribution in [0.25, 0.3) is 0 Å². The summed E-state index contributed by atoms with van der Waals surface area (Å²) in [6.07, 6.45) is -0.283. The molecule has 2 rings (SSSR count). The second-order valence-electron chi connectivity index (χ2n) is 3.67. The van der Waals surface area contributed by atoms with Gasteiger partial charge in [-0.25, -0.2) is 0 Å². The first-order chi connectivity index (χ1) is 7.08. The van der Waals surface area contributed by atoms with E-state index in [1.165, 1.54) is 6.07 Å². The topological polar surface area (TPSA) is 66.6 Å². The molecule has 1 heterocycles. The van der Waals surface area contributed by atoms with E-state index in [-0.39, 0.29) is 11.8 Å². The minimum absolute atomic E-state index is 0.0832. The molecule has 0 amide bonds. The molecule has 1 saturated heterocycles. The number of nitro benzene ring substituents is 1. The maximum Gasteiger partial charge on any atom is 0.273 e. The first kappa shape index (κ1) is 9.92. The van der Waals surface area contributed by atoms with Gasteiger partial charge in [0.1, 0.15) is 0 Å². The van der Waals surface area contributed by atoms with Crippen LogP contribution >= 0.6 is 0 Å². The van der Waals surface area contributed by atoms with Crippen LogP contribution in [-0.4, -0.2) is 29.2 Å². The standard InChI is InChI=1S/C10H11N2O3/c1-7-4-8(11-5-9(13)6-11)2-3-10(7)12(14)15/h2-3,9,13H,5-6H2,1H3. The van der Waals surface area contributed by atoms with Crippen molar-refractivity contribution in [1.82, 2.24) is 0 Å². The zero-order chi connectivity index (χ0) is 11.0. The van der Waals surface area contributed by atoms with Crippen LogP contribution in [0.5, 0.6) is 0 Å². The molecule has 1 fully saturated rings. The molecule has 15 heavy (non-hydrogen) atoms. The van der Waals surface area contributed by atoms with Gasteiger partial charge in [0.05, 0.1) is 11.0 Å². The van der Waals surface area contributed by atoms with Crippen molar-refractivity contribution in [2.45, 2.75) is 13.0 Å². The smallest absolute Gasteiger partial charge is 0.273 e. The molecular formula is C10H11N2O3. The number of aryl methyl sites for hydroxylation is 1. The van der Waals surface area contributed by atoms with E-state index in [9.17, 15) is 10.1 Å². The van der Waals surface area contributed by atoms with E-state index in [0.29, 0.717) is 18.7 Å². The van der Waals surface area contributed by atoms with Crippen LogP contribution in [0.1, 0.15) is 5.56 Å². The first-order valence-electron chi connectivity index (χ1n) is 4.68. The van der Waals surface area contributed by atoms with E-state index < -0.39 is 4.92 Å². The molecule has 0 saturated carbocycles. The van der Waals surface area contributed by atoms with Gasteiger partial charge in [-0.1, -0.05) is 0 Å². The Morgan fingerprint density at radius 2 is 2.27 bits per heavy atom. The third-order valence-electron chi connectivity index (χ3n) is 2.50. The number of aliphatic hydroxyl groups excluding tert-OH is 1. The van der Waals surface area contributed by atoms with Crippen LogP contribution < -0.4 is 4.90 Å². The van der Waals surface area contributed by atoms with Crippen molar-refractivity contribution in [2.24, 2.45) is 0 Å². The fourth-order valence-electron chi connectivity index (χ4n) is 1.61. The molecular weight excluding hydrogens is 196 g/mol. The average Bonchev–Trinajstić information content (AvgIpc) is 2.12. The Hall–Kier alpha value is -1.62. The monoisotopic (exact) mass is 207 g/mol. The molecule has 1 aromatic rings. The van der Waals surface area contributed by atoms with Gasteiger partial charge in [-0.15, -0.1) is 0 Å². The lowest BCUT2D eigenvalue weighted by molar-refractivity contribution is -0.385. The van der Waals surface area contributed by atoms with Crippen molar-refractivity contribution < 1.29 is 10.0 Å². The molecule has 1 radical (unpaired) electrons. The SMILES string of the molecule is Cc1[c]c(N2CC(O)C2)ccc1[N+](=O)[O-]. The van der Waals surface area contributed by atoms with Gasteiger partial charge in [-0.05, 0) is 13.0 Å². The Balaban J connectivity index is 2.22. The van der Waals surface area contributed by atoms with Crippen LogP contribution in [0.4, 0.5) is 11.4 Å². The summed E-state index contributed by atoms with van der Waals surface area (Å²) < 4.78 is 0. The third-order valence-corrected chi connectivity index (χ3v) is 2.50. The maximum atomic E-state index is 10.6. The minimum Gasteiger partial charge on any atom is -0.389 e. The highest BCUT2D eigenvalue weighted by Gasteiger charge is 2.25. The van der Waals surface area contributed by atoms with Gasteiger partial charge in [0.15, 0.2) is 0 Å². The summed E-state index contributed by atoms with van der Waals surface area (Å²) in [5.74, 6) is 0. The Morgan fingerprint density at radius 1 is 1.60 bits per heavy atom. The van der Waals surface area contributed by atoms with E-state index in [2.05, 4.69) is 6.07 Å². The minimum atomic E-state index is -0.416. The summed E-state index contributed by atoms with van der Waals surface area (Å²) in [6, 6.07) is 6.09. The third kappa shape index (κ3) is 1.78. The van der Waals surface area contributed by atoms with Crippen LogP contribution in [0.3, 0.4) is 0 Å². The zero-order valence-electron chi connectivity index (χ0n) is 8.30. The fraction of sp³-hybridized carbons (Fsp3) is 0.400. The summed E-state index contributed by atoms with van der Waals surface area (Å²) in [5.41, 5.74) is 1.42. The van der Waals surface area contributed by atoms with Crippen molar-refractivity contribution in [2.75, 3.05) is 18.0 Å². The predicted molar refractivity (Wildman–Crippen MR) is 54.9 cm³/mol. The summed E-state index contributed by atoms with van der Waals surface area (Å²) in [7, 11) is 0. The van der Waals surface area contributed by atoms with Gasteiger partial charge in [0.25, 0.3) is 5.69 Å². The number of hydrogen-bond acceptors (Lipinski definition) is 4. The Kier molecular flexibility index (Phi) is 2.32. The van der Waals surface area contributed by atoms with Crippen molar-refractivity contribution in [3.63, 3.8) is 0 Å². The summed E-state index contributed by atoms with van der Waals surface area (Å²) in [6.45, 7) is 2.82. The van der Waals surface area contributed by atoms with Gasteiger partial charge in [-0.3, -0.25) is 10.1 Å². The average molecular weight is 207 g/mol. The number of hydrogen-bond donors (Lipinski definition) is 1. The van der Waals surface area contributed by atoms with E-state index >= 15 is 0 Å². The van der Waals surface area contributed by atoms with Crippen molar-refractivity contribution >= 4 is 11.4 Å². The Morgan fingerprint density at radius 3 is 2.73 bits per heavy atom. The highest BCUT2D eigenvalue weighted by atomic mass is 16.6. The first-order valence-corrected chi connectivity index (χ1v) is 4.68. The zero-order valence-corrected chi connectivity index (χ0v) is 8.30. The van der Waals surface area contributed by atoms with Gasteiger partial charge in [0, 0.05) is 36.5 Å². The van der Waals surface area contributed by atoms with E-state index in [4.69, 9.17) is 5.11 Å². The normalized spacial score (nSPS) is 16.3. The number of rotatable bonds is 2. The van der Waals surface area contributed by atoms with E-state index in [0.717, 1.165) is 5.69 Å². The molecule has 0 unspecified atom stereocenters. The molecule has 79 valence electrons. The highest BCUT2D eigenvalue weighted by Crippen LogP contribution is 2.26. The van der Waals surface area contributed by atoms with Crippen molar-refractivity contribution in [1.29, 1.82) is 0 Å². The summed E-state index contributed by atoms with van der Waals surface area (Å²) in [4.78, 5) is 12.1. The van der Waals surface area contributed by atoms with Crippen LogP contribution in [0.2, 0.25) is 0 Å². The van der Waals surface area contributed by atoms with Crippen LogP contribution in [0, 0.1) is 23.1 Å².